The summed E-state index contributed by atoms with van der Waals surface area (Å²) in [5.41, 5.74) is 0.622. The van der Waals surface area contributed by atoms with E-state index in [1.54, 1.807) is 12.1 Å². The molecule has 9 heteroatoms. The van der Waals surface area contributed by atoms with Gasteiger partial charge in [-0.2, -0.15) is 0 Å². The number of anilines is 1. The molecule has 0 radical (unpaired) electrons. The Hall–Kier alpha value is -2.36. The van der Waals surface area contributed by atoms with Crippen LogP contribution in [0.4, 0.5) is 5.69 Å². The van der Waals surface area contributed by atoms with Gasteiger partial charge in [0.25, 0.3) is 5.91 Å². The first-order valence-electron chi connectivity index (χ1n) is 8.09. The van der Waals surface area contributed by atoms with E-state index in [0.717, 1.165) is 10.6 Å². The van der Waals surface area contributed by atoms with Crippen molar-refractivity contribution in [3.05, 3.63) is 54.1 Å². The predicted octanol–water partition coefficient (Wildman–Crippen LogP) is 2.63. The van der Waals surface area contributed by atoms with Crippen LogP contribution in [0.5, 0.6) is 0 Å². The van der Waals surface area contributed by atoms with Crippen molar-refractivity contribution in [1.82, 2.24) is 0 Å². The van der Waals surface area contributed by atoms with E-state index in [1.807, 2.05) is 19.1 Å². The molecule has 0 bridgehead atoms. The van der Waals surface area contributed by atoms with Gasteiger partial charge in [-0.15, -0.1) is 11.8 Å². The quantitative estimate of drug-likeness (QED) is 0.537. The summed E-state index contributed by atoms with van der Waals surface area (Å²) in [6, 6.07) is 12.5. The zero-order valence-corrected chi connectivity index (χ0v) is 16.5. The monoisotopic (exact) mass is 408 g/mol. The lowest BCUT2D eigenvalue weighted by atomic mass is 10.2. The van der Waals surface area contributed by atoms with Gasteiger partial charge in [-0.25, -0.2) is 18.4 Å². The van der Waals surface area contributed by atoms with Gasteiger partial charge in [0.15, 0.2) is 6.10 Å². The maximum atomic E-state index is 12.4. The van der Waals surface area contributed by atoms with Crippen molar-refractivity contribution in [3.8, 4) is 0 Å². The van der Waals surface area contributed by atoms with Crippen molar-refractivity contribution in [2.45, 2.75) is 29.7 Å². The molecule has 0 spiro atoms. The zero-order chi connectivity index (χ0) is 20.0. The van der Waals surface area contributed by atoms with Gasteiger partial charge in [0.1, 0.15) is 0 Å². The van der Waals surface area contributed by atoms with E-state index in [-0.39, 0.29) is 10.6 Å². The number of rotatable bonds is 7. The summed E-state index contributed by atoms with van der Waals surface area (Å²) >= 11 is 1.50. The fraction of sp³-hybridized carbons (Fsp3) is 0.222. The number of ether oxygens (including phenoxy) is 1. The lowest BCUT2D eigenvalue weighted by molar-refractivity contribution is -0.123. The van der Waals surface area contributed by atoms with Crippen molar-refractivity contribution in [3.63, 3.8) is 0 Å². The van der Waals surface area contributed by atoms with Gasteiger partial charge in [0.2, 0.25) is 10.0 Å². The highest BCUT2D eigenvalue weighted by molar-refractivity contribution is 7.99. The van der Waals surface area contributed by atoms with Crippen LogP contribution in [0.15, 0.2) is 58.3 Å². The van der Waals surface area contributed by atoms with Gasteiger partial charge in [-0.3, -0.25) is 4.79 Å². The third-order valence-corrected chi connectivity index (χ3v) is 5.36. The maximum absolute atomic E-state index is 12.4. The number of carbonyl (C=O) groups is 2. The number of primary sulfonamides is 1. The summed E-state index contributed by atoms with van der Waals surface area (Å²) in [7, 11) is -3.89. The fourth-order valence-electron chi connectivity index (χ4n) is 2.19. The van der Waals surface area contributed by atoms with Gasteiger partial charge in [-0.1, -0.05) is 25.1 Å². The molecule has 2 rings (SSSR count). The summed E-state index contributed by atoms with van der Waals surface area (Å²) < 4.78 is 28.0. The maximum Gasteiger partial charge on any atom is 0.340 e. The first-order valence-corrected chi connectivity index (χ1v) is 10.6. The Morgan fingerprint density at radius 1 is 1.19 bits per heavy atom. The van der Waals surface area contributed by atoms with Crippen molar-refractivity contribution in [2.24, 2.45) is 5.14 Å². The zero-order valence-electron chi connectivity index (χ0n) is 14.8. The third-order valence-electron chi connectivity index (χ3n) is 3.49. The molecule has 0 heterocycles. The van der Waals surface area contributed by atoms with Crippen LogP contribution in [-0.2, 0) is 19.6 Å². The first-order chi connectivity index (χ1) is 12.7. The molecule has 2 aromatic carbocycles. The molecule has 0 unspecified atom stereocenters. The Morgan fingerprint density at radius 3 is 2.56 bits per heavy atom. The number of sulfonamides is 1. The van der Waals surface area contributed by atoms with Crippen LogP contribution >= 0.6 is 11.8 Å². The molecular weight excluding hydrogens is 388 g/mol. The lowest BCUT2D eigenvalue weighted by Gasteiger charge is -2.15. The molecule has 0 saturated heterocycles. The number of benzene rings is 2. The normalized spacial score (nSPS) is 12.3. The molecule has 0 aliphatic carbocycles. The molecule has 0 saturated carbocycles. The van der Waals surface area contributed by atoms with Crippen LogP contribution < -0.4 is 10.5 Å². The molecule has 2 aromatic rings. The number of hydrogen-bond donors (Lipinski definition) is 2. The minimum absolute atomic E-state index is 0.129. The van der Waals surface area contributed by atoms with E-state index < -0.39 is 28.0 Å². The Morgan fingerprint density at radius 2 is 1.89 bits per heavy atom. The fourth-order valence-corrected chi connectivity index (χ4v) is 3.54. The highest BCUT2D eigenvalue weighted by Gasteiger charge is 2.21. The third kappa shape index (κ3) is 5.81. The van der Waals surface area contributed by atoms with E-state index in [4.69, 9.17) is 9.88 Å². The van der Waals surface area contributed by atoms with Crippen LogP contribution in [-0.4, -0.2) is 32.2 Å². The second-order valence-electron chi connectivity index (χ2n) is 5.54. The Labute approximate surface area is 162 Å². The lowest BCUT2D eigenvalue weighted by Crippen LogP contribution is -2.30. The van der Waals surface area contributed by atoms with E-state index >= 15 is 0 Å². The van der Waals surface area contributed by atoms with Crippen LogP contribution in [0.2, 0.25) is 0 Å². The molecule has 0 fully saturated rings. The summed E-state index contributed by atoms with van der Waals surface area (Å²) in [6.45, 7) is 3.41. The molecule has 144 valence electrons. The molecule has 0 aromatic heterocycles. The molecule has 1 amide bonds. The summed E-state index contributed by atoms with van der Waals surface area (Å²) in [4.78, 5) is 25.3. The SMILES string of the molecule is CCSc1ccccc1C(=O)O[C@@H](C)C(=O)Nc1cccc(S(N)(=O)=O)c1. The number of esters is 1. The standard InChI is InChI=1S/C18H20N2O5S2/c1-3-26-16-10-5-4-9-15(16)18(22)25-12(2)17(21)20-13-7-6-8-14(11-13)27(19,23)24/h4-12H,3H2,1-2H3,(H,20,21)(H2,19,23,24)/t12-/m0/s1. The van der Waals surface area contributed by atoms with Crippen LogP contribution in [0.25, 0.3) is 0 Å². The Kier molecular flexibility index (Phi) is 7.00. The molecular formula is C18H20N2O5S2. The number of carbonyl (C=O) groups excluding carboxylic acids is 2. The average molecular weight is 409 g/mol. The molecule has 3 N–H and O–H groups in total. The van der Waals surface area contributed by atoms with Crippen LogP contribution in [0, 0.1) is 0 Å². The topological polar surface area (TPSA) is 116 Å². The average Bonchev–Trinajstić information content (AvgIpc) is 2.61. The van der Waals surface area contributed by atoms with E-state index in [2.05, 4.69) is 5.32 Å². The summed E-state index contributed by atoms with van der Waals surface area (Å²) in [5, 5.41) is 7.58. The van der Waals surface area contributed by atoms with Gasteiger partial charge in [0, 0.05) is 10.6 Å². The highest BCUT2D eigenvalue weighted by atomic mass is 32.2. The summed E-state index contributed by atoms with van der Waals surface area (Å²) in [6.07, 6.45) is -1.07. The van der Waals surface area contributed by atoms with Crippen LogP contribution in [0.3, 0.4) is 0 Å². The Bertz CT molecular complexity index is 944. The van der Waals surface area contributed by atoms with Gasteiger partial charge in [-0.05, 0) is 43.0 Å². The summed E-state index contributed by atoms with van der Waals surface area (Å²) in [5.74, 6) is -0.399. The molecule has 27 heavy (non-hydrogen) atoms. The number of nitrogens with two attached hydrogens (primary N) is 1. The number of amides is 1. The Balaban J connectivity index is 2.07. The van der Waals surface area contributed by atoms with Crippen molar-refractivity contribution < 1.29 is 22.7 Å². The number of thioether (sulfide) groups is 1. The van der Waals surface area contributed by atoms with Crippen LogP contribution in [0.1, 0.15) is 24.2 Å². The van der Waals surface area contributed by atoms with Crippen molar-refractivity contribution in [2.75, 3.05) is 11.1 Å². The second kappa shape index (κ2) is 9.03. The minimum Gasteiger partial charge on any atom is -0.449 e. The largest absolute Gasteiger partial charge is 0.449 e. The minimum atomic E-state index is -3.89. The van der Waals surface area contributed by atoms with E-state index in [0.29, 0.717) is 5.56 Å². The highest BCUT2D eigenvalue weighted by Crippen LogP contribution is 2.23. The van der Waals surface area contributed by atoms with E-state index in [9.17, 15) is 18.0 Å². The van der Waals surface area contributed by atoms with Crippen molar-refractivity contribution >= 4 is 39.3 Å². The molecule has 0 aliphatic heterocycles. The molecule has 1 atom stereocenters. The number of nitrogens with one attached hydrogen (secondary N) is 1. The first kappa shape index (κ1) is 20.9. The van der Waals surface area contributed by atoms with Crippen molar-refractivity contribution in [1.29, 1.82) is 0 Å². The predicted molar refractivity (Wildman–Crippen MR) is 104 cm³/mol. The van der Waals surface area contributed by atoms with Gasteiger partial charge in [0.05, 0.1) is 10.5 Å². The van der Waals surface area contributed by atoms with Gasteiger partial charge >= 0.3 is 5.97 Å². The molecule has 7 nitrogen and oxygen atoms in total. The van der Waals surface area contributed by atoms with E-state index in [1.165, 1.54) is 43.0 Å². The smallest absolute Gasteiger partial charge is 0.340 e. The second-order valence-corrected chi connectivity index (χ2v) is 8.41. The number of hydrogen-bond acceptors (Lipinski definition) is 6. The van der Waals surface area contributed by atoms with Gasteiger partial charge < -0.3 is 10.1 Å². The molecule has 0 aliphatic rings.